The van der Waals surface area contributed by atoms with Crippen LogP contribution in [0.1, 0.15) is 18.9 Å². The van der Waals surface area contributed by atoms with Crippen molar-refractivity contribution in [2.75, 3.05) is 0 Å². The van der Waals surface area contributed by atoms with Crippen molar-refractivity contribution in [3.05, 3.63) is 41.5 Å². The van der Waals surface area contributed by atoms with E-state index in [1.807, 2.05) is 0 Å². The molecule has 0 aliphatic carbocycles. The van der Waals surface area contributed by atoms with Gasteiger partial charge in [-0.05, 0) is 29.7 Å². The van der Waals surface area contributed by atoms with E-state index in [2.05, 4.69) is 0 Å². The van der Waals surface area contributed by atoms with Gasteiger partial charge in [-0.2, -0.15) is 0 Å². The highest BCUT2D eigenvalue weighted by Crippen LogP contribution is 2.20. The van der Waals surface area contributed by atoms with Crippen molar-refractivity contribution in [1.82, 2.24) is 0 Å². The van der Waals surface area contributed by atoms with Crippen LogP contribution >= 0.6 is 0 Å². The molecule has 1 aromatic carbocycles. The van der Waals surface area contributed by atoms with Crippen molar-refractivity contribution in [3.8, 4) is 0 Å². The Bertz CT molecular complexity index is 411. The lowest BCUT2D eigenvalue weighted by molar-refractivity contribution is -0.131. The standard InChI is InChI=1S/C11H10F2O2/c1-2-7(6-11(14)15)8-3-4-9(12)10(13)5-8/h3-6H,2H2,1H3,(H,14,15)/b7-6-. The van der Waals surface area contributed by atoms with Gasteiger partial charge in [-0.25, -0.2) is 13.6 Å². The zero-order chi connectivity index (χ0) is 11.4. The van der Waals surface area contributed by atoms with E-state index in [0.717, 1.165) is 18.2 Å². The van der Waals surface area contributed by atoms with Gasteiger partial charge >= 0.3 is 5.97 Å². The number of allylic oxidation sites excluding steroid dienone is 1. The number of hydrogen-bond acceptors (Lipinski definition) is 1. The first kappa shape index (κ1) is 11.4. The molecular formula is C11H10F2O2. The van der Waals surface area contributed by atoms with Crippen molar-refractivity contribution in [2.24, 2.45) is 0 Å². The van der Waals surface area contributed by atoms with Crippen molar-refractivity contribution in [3.63, 3.8) is 0 Å². The van der Waals surface area contributed by atoms with Crippen LogP contribution in [0.15, 0.2) is 24.3 Å². The maximum Gasteiger partial charge on any atom is 0.328 e. The fourth-order valence-electron chi connectivity index (χ4n) is 1.23. The van der Waals surface area contributed by atoms with Gasteiger partial charge in [-0.1, -0.05) is 13.0 Å². The lowest BCUT2D eigenvalue weighted by Crippen LogP contribution is -1.93. The fourth-order valence-corrected chi connectivity index (χ4v) is 1.23. The third-order valence-corrected chi connectivity index (χ3v) is 1.97. The van der Waals surface area contributed by atoms with Crippen LogP contribution in [0, 0.1) is 11.6 Å². The highest BCUT2D eigenvalue weighted by atomic mass is 19.2. The third-order valence-electron chi connectivity index (χ3n) is 1.97. The quantitative estimate of drug-likeness (QED) is 0.782. The predicted molar refractivity (Wildman–Crippen MR) is 52.3 cm³/mol. The van der Waals surface area contributed by atoms with Crippen LogP contribution in [0.5, 0.6) is 0 Å². The zero-order valence-electron chi connectivity index (χ0n) is 8.13. The molecule has 0 spiro atoms. The second-order valence-electron chi connectivity index (χ2n) is 2.99. The molecule has 0 bridgehead atoms. The predicted octanol–water partition coefficient (Wildman–Crippen LogP) is 2.84. The van der Waals surface area contributed by atoms with Gasteiger partial charge in [0.1, 0.15) is 0 Å². The molecule has 0 fully saturated rings. The molecule has 0 aliphatic heterocycles. The normalized spacial score (nSPS) is 11.5. The first-order chi connectivity index (χ1) is 7.04. The van der Waals surface area contributed by atoms with E-state index in [0.29, 0.717) is 17.6 Å². The SMILES string of the molecule is CC/C(=C/C(=O)O)c1ccc(F)c(F)c1. The number of carboxylic acid groups (broad SMARTS) is 1. The smallest absolute Gasteiger partial charge is 0.328 e. The minimum absolute atomic E-state index is 0.388. The average molecular weight is 212 g/mol. The van der Waals surface area contributed by atoms with Gasteiger partial charge in [0.05, 0.1) is 0 Å². The lowest BCUT2D eigenvalue weighted by Gasteiger charge is -2.04. The number of carboxylic acids is 1. The van der Waals surface area contributed by atoms with E-state index >= 15 is 0 Å². The second-order valence-corrected chi connectivity index (χ2v) is 2.99. The molecule has 0 aliphatic rings. The number of carbonyl (C=O) groups is 1. The molecule has 1 N–H and O–H groups in total. The van der Waals surface area contributed by atoms with Gasteiger partial charge in [0.2, 0.25) is 0 Å². The summed E-state index contributed by atoms with van der Waals surface area (Å²) >= 11 is 0. The first-order valence-electron chi connectivity index (χ1n) is 4.43. The molecule has 0 atom stereocenters. The minimum Gasteiger partial charge on any atom is -0.478 e. The summed E-state index contributed by atoms with van der Waals surface area (Å²) in [5.41, 5.74) is 0.847. The minimum atomic E-state index is -1.10. The van der Waals surface area contributed by atoms with E-state index in [1.165, 1.54) is 6.07 Å². The van der Waals surface area contributed by atoms with Gasteiger partial charge in [0.15, 0.2) is 11.6 Å². The largest absolute Gasteiger partial charge is 0.478 e. The number of hydrogen-bond donors (Lipinski definition) is 1. The van der Waals surface area contributed by atoms with Crippen LogP contribution in [0.25, 0.3) is 5.57 Å². The van der Waals surface area contributed by atoms with Crippen LogP contribution in [-0.2, 0) is 4.79 Å². The van der Waals surface area contributed by atoms with Gasteiger partial charge in [-0.15, -0.1) is 0 Å². The molecule has 0 radical (unpaired) electrons. The van der Waals surface area contributed by atoms with E-state index in [4.69, 9.17) is 5.11 Å². The Morgan fingerprint density at radius 2 is 2.07 bits per heavy atom. The van der Waals surface area contributed by atoms with E-state index in [1.54, 1.807) is 6.92 Å². The van der Waals surface area contributed by atoms with E-state index in [9.17, 15) is 13.6 Å². The highest BCUT2D eigenvalue weighted by Gasteiger charge is 2.06. The van der Waals surface area contributed by atoms with Crippen molar-refractivity contribution in [1.29, 1.82) is 0 Å². The van der Waals surface area contributed by atoms with Gasteiger partial charge in [0, 0.05) is 6.08 Å². The van der Waals surface area contributed by atoms with Crippen LogP contribution in [-0.4, -0.2) is 11.1 Å². The van der Waals surface area contributed by atoms with Crippen molar-refractivity contribution >= 4 is 11.5 Å². The molecule has 0 saturated carbocycles. The molecule has 80 valence electrons. The molecule has 0 amide bonds. The Balaban J connectivity index is 3.14. The molecular weight excluding hydrogens is 202 g/mol. The van der Waals surface area contributed by atoms with Crippen molar-refractivity contribution in [2.45, 2.75) is 13.3 Å². The molecule has 0 aromatic heterocycles. The zero-order valence-corrected chi connectivity index (χ0v) is 8.13. The van der Waals surface area contributed by atoms with Crippen LogP contribution in [0.3, 0.4) is 0 Å². The Kier molecular flexibility index (Phi) is 3.55. The summed E-state index contributed by atoms with van der Waals surface area (Å²) in [6.07, 6.45) is 1.43. The molecule has 0 saturated heterocycles. The number of aliphatic carboxylic acids is 1. The Labute approximate surface area is 85.9 Å². The molecule has 1 aromatic rings. The van der Waals surface area contributed by atoms with Crippen LogP contribution < -0.4 is 0 Å². The summed E-state index contributed by atoms with van der Waals surface area (Å²) in [5.74, 6) is -3.02. The monoisotopic (exact) mass is 212 g/mol. The summed E-state index contributed by atoms with van der Waals surface area (Å²) in [5, 5.41) is 8.56. The summed E-state index contributed by atoms with van der Waals surface area (Å²) in [7, 11) is 0. The van der Waals surface area contributed by atoms with Gasteiger partial charge in [0.25, 0.3) is 0 Å². The molecule has 0 unspecified atom stereocenters. The van der Waals surface area contributed by atoms with Crippen LogP contribution in [0.2, 0.25) is 0 Å². The molecule has 0 heterocycles. The maximum absolute atomic E-state index is 12.9. The van der Waals surface area contributed by atoms with E-state index < -0.39 is 17.6 Å². The maximum atomic E-state index is 12.9. The first-order valence-corrected chi connectivity index (χ1v) is 4.43. The Morgan fingerprint density at radius 1 is 1.40 bits per heavy atom. The fraction of sp³-hybridized carbons (Fsp3) is 0.182. The molecule has 15 heavy (non-hydrogen) atoms. The van der Waals surface area contributed by atoms with Crippen LogP contribution in [0.4, 0.5) is 8.78 Å². The highest BCUT2D eigenvalue weighted by molar-refractivity contribution is 5.89. The molecule has 1 rings (SSSR count). The van der Waals surface area contributed by atoms with Crippen molar-refractivity contribution < 1.29 is 18.7 Å². The third kappa shape index (κ3) is 2.87. The van der Waals surface area contributed by atoms with Gasteiger partial charge in [-0.3, -0.25) is 0 Å². The number of rotatable bonds is 3. The summed E-state index contributed by atoms with van der Waals surface area (Å²) in [4.78, 5) is 10.4. The molecule has 2 nitrogen and oxygen atoms in total. The van der Waals surface area contributed by atoms with E-state index in [-0.39, 0.29) is 0 Å². The number of benzene rings is 1. The Hall–Kier alpha value is -1.71. The number of halogens is 2. The topological polar surface area (TPSA) is 37.3 Å². The lowest BCUT2D eigenvalue weighted by atomic mass is 10.0. The Morgan fingerprint density at radius 3 is 2.53 bits per heavy atom. The second kappa shape index (κ2) is 4.68. The average Bonchev–Trinajstić information content (AvgIpc) is 2.18. The summed E-state index contributed by atoms with van der Waals surface area (Å²) in [6, 6.07) is 3.33. The summed E-state index contributed by atoms with van der Waals surface area (Å²) in [6.45, 7) is 1.75. The molecule has 4 heteroatoms. The summed E-state index contributed by atoms with van der Waals surface area (Å²) < 4.78 is 25.5. The van der Waals surface area contributed by atoms with Gasteiger partial charge < -0.3 is 5.11 Å².